The fourth-order valence-corrected chi connectivity index (χ4v) is 2.42. The van der Waals surface area contributed by atoms with Crippen LogP contribution in [0, 0.1) is 0 Å². The first-order chi connectivity index (χ1) is 8.42. The van der Waals surface area contributed by atoms with Crippen LogP contribution in [0.4, 0.5) is 0 Å². The molecule has 0 aliphatic heterocycles. The quantitative estimate of drug-likeness (QED) is 0.440. The average molecular weight is 218 g/mol. The van der Waals surface area contributed by atoms with Crippen molar-refractivity contribution in [3.8, 4) is 0 Å². The first-order valence-electron chi connectivity index (χ1n) is 5.67. The summed E-state index contributed by atoms with van der Waals surface area (Å²) in [6, 6.07) is 17.0. The lowest BCUT2D eigenvalue weighted by atomic mass is 10.1. The van der Waals surface area contributed by atoms with Crippen LogP contribution >= 0.6 is 0 Å². The highest BCUT2D eigenvalue weighted by atomic mass is 15.2. The van der Waals surface area contributed by atoms with E-state index in [4.69, 9.17) is 0 Å². The maximum atomic E-state index is 4.33. The molecule has 17 heavy (non-hydrogen) atoms. The summed E-state index contributed by atoms with van der Waals surface area (Å²) in [6.45, 7) is 0. The fraction of sp³-hybridized carbons (Fsp3) is 0. The fourth-order valence-electron chi connectivity index (χ4n) is 2.42. The van der Waals surface area contributed by atoms with Gasteiger partial charge in [-0.2, -0.15) is 5.10 Å². The summed E-state index contributed by atoms with van der Waals surface area (Å²) in [5.74, 6) is 0. The van der Waals surface area contributed by atoms with Gasteiger partial charge >= 0.3 is 0 Å². The molecule has 2 nitrogen and oxygen atoms in total. The highest BCUT2D eigenvalue weighted by Crippen LogP contribution is 2.26. The van der Waals surface area contributed by atoms with E-state index in [0.29, 0.717) is 0 Å². The molecule has 0 saturated heterocycles. The molecule has 0 spiro atoms. The van der Waals surface area contributed by atoms with Crippen molar-refractivity contribution in [1.29, 1.82) is 0 Å². The Morgan fingerprint density at radius 1 is 0.824 bits per heavy atom. The molecule has 0 amide bonds. The molecule has 0 unspecified atom stereocenters. The molecule has 2 heterocycles. The summed E-state index contributed by atoms with van der Waals surface area (Å²) < 4.78 is 1.93. The number of benzene rings is 2. The lowest BCUT2D eigenvalue weighted by Gasteiger charge is -1.97. The van der Waals surface area contributed by atoms with Crippen molar-refractivity contribution >= 4 is 27.1 Å². The van der Waals surface area contributed by atoms with Gasteiger partial charge in [-0.1, -0.05) is 24.3 Å². The van der Waals surface area contributed by atoms with Crippen molar-refractivity contribution in [2.75, 3.05) is 0 Å². The predicted molar refractivity (Wildman–Crippen MR) is 70.2 cm³/mol. The van der Waals surface area contributed by atoms with Crippen LogP contribution in [0.1, 0.15) is 0 Å². The molecule has 2 aromatic carbocycles. The SMILES string of the molecule is c1ccc2cc3c(cc2c1)cn1ncccc31. The molecule has 0 aliphatic rings. The summed E-state index contributed by atoms with van der Waals surface area (Å²) >= 11 is 0. The van der Waals surface area contributed by atoms with Gasteiger partial charge in [0, 0.05) is 23.2 Å². The molecule has 0 saturated carbocycles. The van der Waals surface area contributed by atoms with Crippen LogP contribution < -0.4 is 0 Å². The summed E-state index contributed by atoms with van der Waals surface area (Å²) in [5, 5.41) is 9.37. The zero-order valence-corrected chi connectivity index (χ0v) is 9.17. The van der Waals surface area contributed by atoms with Gasteiger partial charge in [0.2, 0.25) is 0 Å². The second-order valence-electron chi connectivity index (χ2n) is 4.27. The third-order valence-corrected chi connectivity index (χ3v) is 3.23. The van der Waals surface area contributed by atoms with Crippen molar-refractivity contribution in [1.82, 2.24) is 9.61 Å². The van der Waals surface area contributed by atoms with Crippen LogP contribution in [0.25, 0.3) is 27.1 Å². The van der Waals surface area contributed by atoms with E-state index in [9.17, 15) is 0 Å². The van der Waals surface area contributed by atoms with Crippen molar-refractivity contribution in [2.24, 2.45) is 0 Å². The van der Waals surface area contributed by atoms with E-state index in [1.165, 1.54) is 21.5 Å². The minimum Gasteiger partial charge on any atom is -0.240 e. The smallest absolute Gasteiger partial charge is 0.0725 e. The molecular formula is C15H10N2. The first kappa shape index (κ1) is 8.76. The molecule has 4 aromatic rings. The van der Waals surface area contributed by atoms with Gasteiger partial charge in [0.25, 0.3) is 0 Å². The Balaban J connectivity index is 2.28. The van der Waals surface area contributed by atoms with Gasteiger partial charge in [-0.3, -0.25) is 0 Å². The molecule has 4 rings (SSSR count). The molecule has 80 valence electrons. The van der Waals surface area contributed by atoms with E-state index in [2.05, 4.69) is 53.8 Å². The second-order valence-corrected chi connectivity index (χ2v) is 4.27. The van der Waals surface area contributed by atoms with Crippen LogP contribution in [0.5, 0.6) is 0 Å². The van der Waals surface area contributed by atoms with Crippen LogP contribution in [-0.2, 0) is 0 Å². The van der Waals surface area contributed by atoms with Gasteiger partial charge in [0.1, 0.15) is 0 Å². The Labute approximate surface area is 98.1 Å². The van der Waals surface area contributed by atoms with Gasteiger partial charge in [-0.25, -0.2) is 4.52 Å². The normalized spacial score (nSPS) is 11.5. The summed E-state index contributed by atoms with van der Waals surface area (Å²) in [5.41, 5.74) is 1.16. The zero-order chi connectivity index (χ0) is 11.2. The van der Waals surface area contributed by atoms with E-state index < -0.39 is 0 Å². The van der Waals surface area contributed by atoms with Crippen molar-refractivity contribution in [3.05, 3.63) is 60.9 Å². The predicted octanol–water partition coefficient (Wildman–Crippen LogP) is 3.64. The summed E-state index contributed by atoms with van der Waals surface area (Å²) in [4.78, 5) is 0. The van der Waals surface area contributed by atoms with Crippen LogP contribution in [0.2, 0.25) is 0 Å². The average Bonchev–Trinajstić information content (AvgIpc) is 2.73. The van der Waals surface area contributed by atoms with Crippen molar-refractivity contribution < 1.29 is 0 Å². The number of fused-ring (bicyclic) bond motifs is 4. The lowest BCUT2D eigenvalue weighted by molar-refractivity contribution is 0.945. The van der Waals surface area contributed by atoms with Gasteiger partial charge in [0.05, 0.1) is 5.52 Å². The molecule has 0 fully saturated rings. The maximum Gasteiger partial charge on any atom is 0.0725 e. The third-order valence-electron chi connectivity index (χ3n) is 3.23. The Morgan fingerprint density at radius 3 is 2.53 bits per heavy atom. The van der Waals surface area contributed by atoms with Gasteiger partial charge < -0.3 is 0 Å². The number of nitrogens with zero attached hydrogens (tertiary/aromatic N) is 2. The minimum absolute atomic E-state index is 1.16. The molecule has 0 N–H and O–H groups in total. The Hall–Kier alpha value is -2.35. The van der Waals surface area contributed by atoms with E-state index in [-0.39, 0.29) is 0 Å². The van der Waals surface area contributed by atoms with Crippen LogP contribution in [0.3, 0.4) is 0 Å². The van der Waals surface area contributed by atoms with E-state index in [1.807, 2.05) is 16.8 Å². The Kier molecular flexibility index (Phi) is 1.59. The molecule has 0 bridgehead atoms. The Bertz CT molecular complexity index is 837. The molecule has 0 radical (unpaired) electrons. The molecule has 0 aliphatic carbocycles. The topological polar surface area (TPSA) is 17.3 Å². The van der Waals surface area contributed by atoms with Gasteiger partial charge in [-0.05, 0) is 35.0 Å². The monoisotopic (exact) mass is 218 g/mol. The van der Waals surface area contributed by atoms with Crippen LogP contribution in [-0.4, -0.2) is 9.61 Å². The molecule has 0 atom stereocenters. The summed E-state index contributed by atoms with van der Waals surface area (Å²) in [7, 11) is 0. The van der Waals surface area contributed by atoms with Gasteiger partial charge in [0.15, 0.2) is 0 Å². The first-order valence-corrected chi connectivity index (χ1v) is 5.67. The van der Waals surface area contributed by atoms with Gasteiger partial charge in [-0.15, -0.1) is 0 Å². The van der Waals surface area contributed by atoms with E-state index in [1.54, 1.807) is 0 Å². The highest BCUT2D eigenvalue weighted by molar-refractivity contribution is 6.05. The van der Waals surface area contributed by atoms with E-state index >= 15 is 0 Å². The van der Waals surface area contributed by atoms with Crippen molar-refractivity contribution in [3.63, 3.8) is 0 Å². The van der Waals surface area contributed by atoms with Crippen molar-refractivity contribution in [2.45, 2.75) is 0 Å². The molecule has 2 aromatic heterocycles. The lowest BCUT2D eigenvalue weighted by Crippen LogP contribution is -1.84. The maximum absolute atomic E-state index is 4.33. The standard InChI is InChI=1S/C15H10N2/c1-2-5-12-9-14-13(8-11(12)4-1)10-17-15(14)6-3-7-16-17/h1-10H. The molecular weight excluding hydrogens is 208 g/mol. The zero-order valence-electron chi connectivity index (χ0n) is 9.17. The number of aromatic nitrogens is 2. The minimum atomic E-state index is 1.16. The highest BCUT2D eigenvalue weighted by Gasteiger charge is 2.04. The van der Waals surface area contributed by atoms with E-state index in [0.717, 1.165) is 5.52 Å². The second kappa shape index (κ2) is 3.08. The number of hydrogen-bond acceptors (Lipinski definition) is 1. The van der Waals surface area contributed by atoms with Crippen LogP contribution in [0.15, 0.2) is 60.9 Å². The molecule has 2 heteroatoms. The number of rotatable bonds is 0. The largest absolute Gasteiger partial charge is 0.240 e. The summed E-state index contributed by atoms with van der Waals surface area (Å²) in [6.07, 6.45) is 3.89. The third kappa shape index (κ3) is 1.18. The Morgan fingerprint density at radius 2 is 1.65 bits per heavy atom. The number of hydrogen-bond donors (Lipinski definition) is 0.